The molecule has 1 aromatic heterocycles. The van der Waals surface area contributed by atoms with Crippen LogP contribution in [-0.2, 0) is 19.4 Å². The fraction of sp³-hybridized carbons (Fsp3) is 0.357. The first-order valence-corrected chi connectivity index (χ1v) is 6.24. The number of fused-ring (bicyclic) bond motifs is 1. The molecule has 0 unspecified atom stereocenters. The Kier molecular flexibility index (Phi) is 2.69. The SMILES string of the molecule is NCc1ccccc1-c1nc2c([nH]1)CCCC2. The summed E-state index contributed by atoms with van der Waals surface area (Å²) >= 11 is 0. The van der Waals surface area contributed by atoms with Crippen LogP contribution in [-0.4, -0.2) is 9.97 Å². The van der Waals surface area contributed by atoms with E-state index in [-0.39, 0.29) is 0 Å². The highest BCUT2D eigenvalue weighted by molar-refractivity contribution is 5.61. The van der Waals surface area contributed by atoms with Gasteiger partial charge in [-0.05, 0) is 31.2 Å². The number of nitrogens with two attached hydrogens (primary N) is 1. The summed E-state index contributed by atoms with van der Waals surface area (Å²) in [6.45, 7) is 0.557. The molecule has 1 aliphatic carbocycles. The maximum atomic E-state index is 5.77. The van der Waals surface area contributed by atoms with Crippen LogP contribution in [0, 0.1) is 0 Å². The smallest absolute Gasteiger partial charge is 0.138 e. The maximum Gasteiger partial charge on any atom is 0.138 e. The van der Waals surface area contributed by atoms with Crippen molar-refractivity contribution in [1.29, 1.82) is 0 Å². The van der Waals surface area contributed by atoms with E-state index in [1.165, 1.54) is 24.2 Å². The number of H-pyrrole nitrogens is 1. The molecule has 3 N–H and O–H groups in total. The largest absolute Gasteiger partial charge is 0.342 e. The lowest BCUT2D eigenvalue weighted by molar-refractivity contribution is 0.667. The molecule has 0 atom stereocenters. The van der Waals surface area contributed by atoms with Crippen LogP contribution in [0.25, 0.3) is 11.4 Å². The van der Waals surface area contributed by atoms with Crippen LogP contribution in [0.2, 0.25) is 0 Å². The van der Waals surface area contributed by atoms with Gasteiger partial charge in [0.05, 0.1) is 5.69 Å². The van der Waals surface area contributed by atoms with E-state index in [0.29, 0.717) is 6.54 Å². The fourth-order valence-electron chi connectivity index (χ4n) is 2.51. The predicted molar refractivity (Wildman–Crippen MR) is 68.6 cm³/mol. The Balaban J connectivity index is 2.06. The van der Waals surface area contributed by atoms with E-state index in [0.717, 1.165) is 29.8 Å². The van der Waals surface area contributed by atoms with Crippen LogP contribution < -0.4 is 5.73 Å². The molecule has 3 nitrogen and oxygen atoms in total. The van der Waals surface area contributed by atoms with Crippen LogP contribution in [0.4, 0.5) is 0 Å². The van der Waals surface area contributed by atoms with Crippen molar-refractivity contribution in [2.24, 2.45) is 5.73 Å². The Morgan fingerprint density at radius 3 is 2.82 bits per heavy atom. The standard InChI is InChI=1S/C14H17N3/c15-9-10-5-1-2-6-11(10)14-16-12-7-3-4-8-13(12)17-14/h1-2,5-6H,3-4,7-9,15H2,(H,16,17). The fourth-order valence-corrected chi connectivity index (χ4v) is 2.51. The van der Waals surface area contributed by atoms with Crippen molar-refractivity contribution in [3.05, 3.63) is 41.2 Å². The van der Waals surface area contributed by atoms with Crippen LogP contribution >= 0.6 is 0 Å². The lowest BCUT2D eigenvalue weighted by Crippen LogP contribution is -2.00. The van der Waals surface area contributed by atoms with Gasteiger partial charge in [0.2, 0.25) is 0 Å². The number of nitrogens with zero attached hydrogens (tertiary/aromatic N) is 1. The number of aromatic amines is 1. The quantitative estimate of drug-likeness (QED) is 0.827. The number of nitrogens with one attached hydrogen (secondary N) is 1. The molecule has 0 saturated carbocycles. The molecule has 0 amide bonds. The first-order chi connectivity index (χ1) is 8.38. The summed E-state index contributed by atoms with van der Waals surface area (Å²) in [6, 6.07) is 8.22. The molecule has 3 heteroatoms. The van der Waals surface area contributed by atoms with Crippen molar-refractivity contribution in [2.75, 3.05) is 0 Å². The van der Waals surface area contributed by atoms with Gasteiger partial charge in [0.15, 0.2) is 0 Å². The van der Waals surface area contributed by atoms with Gasteiger partial charge in [-0.3, -0.25) is 0 Å². The van der Waals surface area contributed by atoms with Gasteiger partial charge in [0.1, 0.15) is 5.82 Å². The van der Waals surface area contributed by atoms with Gasteiger partial charge in [-0.2, -0.15) is 0 Å². The predicted octanol–water partition coefficient (Wildman–Crippen LogP) is 2.41. The van der Waals surface area contributed by atoms with E-state index in [1.807, 2.05) is 12.1 Å². The van der Waals surface area contributed by atoms with Crippen molar-refractivity contribution >= 4 is 0 Å². The van der Waals surface area contributed by atoms with Gasteiger partial charge >= 0.3 is 0 Å². The van der Waals surface area contributed by atoms with Gasteiger partial charge in [0, 0.05) is 17.8 Å². The highest BCUT2D eigenvalue weighted by atomic mass is 14.9. The molecule has 3 rings (SSSR count). The molecule has 0 aliphatic heterocycles. The van der Waals surface area contributed by atoms with E-state index in [9.17, 15) is 0 Å². The molecule has 0 saturated heterocycles. The van der Waals surface area contributed by atoms with Crippen molar-refractivity contribution in [3.8, 4) is 11.4 Å². The van der Waals surface area contributed by atoms with E-state index in [1.54, 1.807) is 0 Å². The van der Waals surface area contributed by atoms with Crippen molar-refractivity contribution in [3.63, 3.8) is 0 Å². The van der Waals surface area contributed by atoms with Gasteiger partial charge in [-0.25, -0.2) is 4.98 Å². The van der Waals surface area contributed by atoms with Gasteiger partial charge < -0.3 is 10.7 Å². The van der Waals surface area contributed by atoms with E-state index >= 15 is 0 Å². The number of aryl methyl sites for hydroxylation is 2. The van der Waals surface area contributed by atoms with Crippen LogP contribution in [0.1, 0.15) is 29.8 Å². The molecule has 1 aromatic carbocycles. The lowest BCUT2D eigenvalue weighted by atomic mass is 10.0. The normalized spacial score (nSPS) is 14.6. The molecule has 88 valence electrons. The number of hydrogen-bond donors (Lipinski definition) is 2. The molecular formula is C14H17N3. The van der Waals surface area contributed by atoms with E-state index in [2.05, 4.69) is 17.1 Å². The molecular weight excluding hydrogens is 210 g/mol. The number of benzene rings is 1. The minimum Gasteiger partial charge on any atom is -0.342 e. The second-order valence-corrected chi connectivity index (χ2v) is 4.58. The van der Waals surface area contributed by atoms with Gasteiger partial charge in [0.25, 0.3) is 0 Å². The van der Waals surface area contributed by atoms with Gasteiger partial charge in [-0.15, -0.1) is 0 Å². The Hall–Kier alpha value is -1.61. The van der Waals surface area contributed by atoms with Gasteiger partial charge in [-0.1, -0.05) is 24.3 Å². The molecule has 0 radical (unpaired) electrons. The first-order valence-electron chi connectivity index (χ1n) is 6.24. The maximum absolute atomic E-state index is 5.77. The minimum absolute atomic E-state index is 0.557. The second kappa shape index (κ2) is 4.34. The Morgan fingerprint density at radius 2 is 2.00 bits per heavy atom. The zero-order chi connectivity index (χ0) is 11.7. The minimum atomic E-state index is 0.557. The first kappa shape index (κ1) is 10.5. The van der Waals surface area contributed by atoms with Crippen LogP contribution in [0.15, 0.2) is 24.3 Å². The highest BCUT2D eigenvalue weighted by Crippen LogP contribution is 2.25. The summed E-state index contributed by atoms with van der Waals surface area (Å²) in [5.74, 6) is 0.984. The third-order valence-electron chi connectivity index (χ3n) is 3.45. The summed E-state index contributed by atoms with van der Waals surface area (Å²) < 4.78 is 0. The summed E-state index contributed by atoms with van der Waals surface area (Å²) in [4.78, 5) is 8.18. The number of rotatable bonds is 2. The zero-order valence-electron chi connectivity index (χ0n) is 9.87. The summed E-state index contributed by atoms with van der Waals surface area (Å²) in [5, 5.41) is 0. The van der Waals surface area contributed by atoms with Crippen LogP contribution in [0.5, 0.6) is 0 Å². The Labute approximate surface area is 101 Å². The topological polar surface area (TPSA) is 54.7 Å². The summed E-state index contributed by atoms with van der Waals surface area (Å²) in [6.07, 6.45) is 4.77. The molecule has 2 aromatic rings. The summed E-state index contributed by atoms with van der Waals surface area (Å²) in [7, 11) is 0. The Bertz CT molecular complexity index is 505. The van der Waals surface area contributed by atoms with Crippen LogP contribution in [0.3, 0.4) is 0 Å². The number of hydrogen-bond acceptors (Lipinski definition) is 2. The molecule has 0 spiro atoms. The molecule has 1 aliphatic rings. The Morgan fingerprint density at radius 1 is 1.18 bits per heavy atom. The van der Waals surface area contributed by atoms with E-state index < -0.39 is 0 Å². The molecule has 0 fully saturated rings. The monoisotopic (exact) mass is 227 g/mol. The average Bonchev–Trinajstić information content (AvgIpc) is 2.82. The number of imidazole rings is 1. The lowest BCUT2D eigenvalue weighted by Gasteiger charge is -2.07. The van der Waals surface area contributed by atoms with E-state index in [4.69, 9.17) is 10.7 Å². The third-order valence-corrected chi connectivity index (χ3v) is 3.45. The third kappa shape index (κ3) is 1.87. The zero-order valence-corrected chi connectivity index (χ0v) is 9.87. The highest BCUT2D eigenvalue weighted by Gasteiger charge is 2.16. The van der Waals surface area contributed by atoms with Crippen molar-refractivity contribution < 1.29 is 0 Å². The summed E-state index contributed by atoms with van der Waals surface area (Å²) in [5.41, 5.74) is 10.6. The van der Waals surface area contributed by atoms with Crippen molar-refractivity contribution in [1.82, 2.24) is 9.97 Å². The number of aromatic nitrogens is 2. The molecule has 1 heterocycles. The molecule has 17 heavy (non-hydrogen) atoms. The van der Waals surface area contributed by atoms with Crippen molar-refractivity contribution in [2.45, 2.75) is 32.2 Å². The molecule has 0 bridgehead atoms. The second-order valence-electron chi connectivity index (χ2n) is 4.58. The average molecular weight is 227 g/mol.